The summed E-state index contributed by atoms with van der Waals surface area (Å²) in [5.74, 6) is 0. The van der Waals surface area contributed by atoms with E-state index in [-0.39, 0.29) is 20.5 Å². The second-order valence-corrected chi connectivity index (χ2v) is 6.87. The van der Waals surface area contributed by atoms with Gasteiger partial charge in [0.1, 0.15) is 0 Å². The first kappa shape index (κ1) is 14.3. The van der Waals surface area contributed by atoms with Crippen LogP contribution in [0.3, 0.4) is 0 Å². The number of benzene rings is 1. The maximum atomic E-state index is 11.9. The molecule has 0 radical (unpaired) electrons. The molecule has 2 aromatic rings. The average Bonchev–Trinajstić information content (AvgIpc) is 2.41. The number of aromatic nitrogens is 2. The minimum absolute atomic E-state index is 0.0647. The van der Waals surface area contributed by atoms with Gasteiger partial charge >= 0.3 is 124 Å². The Bertz CT molecular complexity index is 676. The number of H-pyrrole nitrogens is 1. The molecule has 0 saturated carbocycles. The Morgan fingerprint density at radius 2 is 2.00 bits per heavy atom. The van der Waals surface area contributed by atoms with Crippen LogP contribution in [0, 0.1) is 11.7 Å². The SMILES string of the molecule is CCCn1c([Se]c2ccccc2)c(C)c(=O)[nH]c1=S. The summed E-state index contributed by atoms with van der Waals surface area (Å²) in [6.45, 7) is 4.83. The molecule has 1 N–H and O–H groups in total. The fraction of sp³-hybridized carbons (Fsp3) is 0.286. The molecular formula is C14H16N2OSSe. The van der Waals surface area contributed by atoms with Gasteiger partial charge in [0.25, 0.3) is 0 Å². The van der Waals surface area contributed by atoms with Crippen molar-refractivity contribution in [1.82, 2.24) is 9.55 Å². The van der Waals surface area contributed by atoms with Crippen LogP contribution >= 0.6 is 12.2 Å². The zero-order valence-corrected chi connectivity index (χ0v) is 13.5. The topological polar surface area (TPSA) is 37.8 Å². The molecule has 0 aliphatic heterocycles. The zero-order valence-electron chi connectivity index (χ0n) is 11.0. The first-order chi connectivity index (χ1) is 9.13. The van der Waals surface area contributed by atoms with E-state index >= 15 is 0 Å². The summed E-state index contributed by atoms with van der Waals surface area (Å²) in [5.41, 5.74) is 0.719. The summed E-state index contributed by atoms with van der Waals surface area (Å²) in [6, 6.07) is 10.2. The number of hydrogen-bond acceptors (Lipinski definition) is 2. The van der Waals surface area contributed by atoms with Crippen LogP contribution in [0.5, 0.6) is 0 Å². The molecule has 0 amide bonds. The van der Waals surface area contributed by atoms with Gasteiger partial charge in [-0.3, -0.25) is 0 Å². The van der Waals surface area contributed by atoms with Crippen molar-refractivity contribution >= 4 is 36.2 Å². The van der Waals surface area contributed by atoms with Gasteiger partial charge in [-0.15, -0.1) is 0 Å². The van der Waals surface area contributed by atoms with Gasteiger partial charge in [-0.2, -0.15) is 0 Å². The molecule has 1 aromatic carbocycles. The number of nitrogens with zero attached hydrogens (tertiary/aromatic N) is 1. The molecule has 0 aliphatic carbocycles. The molecule has 2 rings (SSSR count). The molecule has 5 heteroatoms. The van der Waals surface area contributed by atoms with Crippen LogP contribution in [-0.4, -0.2) is 24.5 Å². The van der Waals surface area contributed by atoms with Crippen molar-refractivity contribution in [3.63, 3.8) is 0 Å². The Morgan fingerprint density at radius 1 is 1.32 bits per heavy atom. The molecule has 0 spiro atoms. The predicted octanol–water partition coefficient (Wildman–Crippen LogP) is 1.28. The molecule has 0 unspecified atom stereocenters. The van der Waals surface area contributed by atoms with Gasteiger partial charge in [0.2, 0.25) is 0 Å². The van der Waals surface area contributed by atoms with Gasteiger partial charge in [0.05, 0.1) is 0 Å². The number of rotatable bonds is 4. The van der Waals surface area contributed by atoms with Crippen molar-refractivity contribution in [3.8, 4) is 0 Å². The summed E-state index contributed by atoms with van der Waals surface area (Å²) in [4.78, 5) is 14.6. The minimum atomic E-state index is -0.0647. The van der Waals surface area contributed by atoms with E-state index in [1.54, 1.807) is 0 Å². The summed E-state index contributed by atoms with van der Waals surface area (Å²) in [5, 5.41) is 0. The summed E-state index contributed by atoms with van der Waals surface area (Å²) < 4.78 is 4.93. The summed E-state index contributed by atoms with van der Waals surface area (Å²) in [7, 11) is 0. The molecule has 0 atom stereocenters. The molecule has 0 bridgehead atoms. The van der Waals surface area contributed by atoms with Gasteiger partial charge in [-0.05, 0) is 0 Å². The summed E-state index contributed by atoms with van der Waals surface area (Å²) in [6.07, 6.45) is 0.998. The number of hydrogen-bond donors (Lipinski definition) is 1. The predicted molar refractivity (Wildman–Crippen MR) is 82.4 cm³/mol. The van der Waals surface area contributed by atoms with Gasteiger partial charge in [0.15, 0.2) is 0 Å². The van der Waals surface area contributed by atoms with Crippen LogP contribution in [0.1, 0.15) is 18.9 Å². The fourth-order valence-corrected chi connectivity index (χ4v) is 4.43. The number of nitrogens with one attached hydrogen (secondary N) is 1. The Hall–Kier alpha value is -1.16. The van der Waals surface area contributed by atoms with Crippen LogP contribution in [0.15, 0.2) is 35.1 Å². The first-order valence-electron chi connectivity index (χ1n) is 6.20. The van der Waals surface area contributed by atoms with Crippen LogP contribution < -0.4 is 14.6 Å². The Kier molecular flexibility index (Phi) is 4.75. The molecule has 1 heterocycles. The van der Waals surface area contributed by atoms with E-state index in [2.05, 4.69) is 28.6 Å². The Balaban J connectivity index is 2.54. The second-order valence-electron chi connectivity index (χ2n) is 4.26. The third-order valence-electron chi connectivity index (χ3n) is 2.78. The monoisotopic (exact) mass is 340 g/mol. The third-order valence-corrected chi connectivity index (χ3v) is 5.68. The van der Waals surface area contributed by atoms with E-state index in [1.165, 1.54) is 4.46 Å². The van der Waals surface area contributed by atoms with Gasteiger partial charge in [-0.1, -0.05) is 0 Å². The van der Waals surface area contributed by atoms with E-state index in [0.717, 1.165) is 23.1 Å². The van der Waals surface area contributed by atoms with Crippen molar-refractivity contribution in [2.24, 2.45) is 0 Å². The quantitative estimate of drug-likeness (QED) is 0.673. The number of aromatic amines is 1. The Labute approximate surface area is 123 Å². The van der Waals surface area contributed by atoms with Crippen molar-refractivity contribution in [2.75, 3.05) is 0 Å². The first-order valence-corrected chi connectivity index (χ1v) is 8.32. The van der Waals surface area contributed by atoms with Crippen molar-refractivity contribution in [1.29, 1.82) is 0 Å². The molecular weight excluding hydrogens is 323 g/mol. The third kappa shape index (κ3) is 3.24. The maximum absolute atomic E-state index is 11.9. The van der Waals surface area contributed by atoms with Crippen molar-refractivity contribution < 1.29 is 0 Å². The molecule has 0 saturated heterocycles. The van der Waals surface area contributed by atoms with Gasteiger partial charge < -0.3 is 0 Å². The molecule has 3 nitrogen and oxygen atoms in total. The molecule has 0 aliphatic rings. The molecule has 19 heavy (non-hydrogen) atoms. The van der Waals surface area contributed by atoms with Gasteiger partial charge in [-0.25, -0.2) is 0 Å². The second kappa shape index (κ2) is 6.33. The zero-order chi connectivity index (χ0) is 13.8. The normalized spacial score (nSPS) is 10.6. The van der Waals surface area contributed by atoms with Crippen LogP contribution in [-0.2, 0) is 6.54 Å². The summed E-state index contributed by atoms with van der Waals surface area (Å²) >= 11 is 5.39. The van der Waals surface area contributed by atoms with Crippen LogP contribution in [0.2, 0.25) is 0 Å². The van der Waals surface area contributed by atoms with E-state index in [0.29, 0.717) is 4.77 Å². The van der Waals surface area contributed by atoms with E-state index in [4.69, 9.17) is 12.2 Å². The Morgan fingerprint density at radius 3 is 2.63 bits per heavy atom. The average molecular weight is 339 g/mol. The molecule has 0 fully saturated rings. The van der Waals surface area contributed by atoms with Gasteiger partial charge in [0, 0.05) is 0 Å². The fourth-order valence-electron chi connectivity index (χ4n) is 1.81. The van der Waals surface area contributed by atoms with E-state index in [1.807, 2.05) is 25.1 Å². The van der Waals surface area contributed by atoms with Crippen LogP contribution in [0.4, 0.5) is 0 Å². The van der Waals surface area contributed by atoms with Crippen LogP contribution in [0.25, 0.3) is 0 Å². The van der Waals surface area contributed by atoms with Crippen molar-refractivity contribution in [3.05, 3.63) is 51.0 Å². The van der Waals surface area contributed by atoms with E-state index in [9.17, 15) is 4.79 Å². The molecule has 100 valence electrons. The van der Waals surface area contributed by atoms with Crippen molar-refractivity contribution in [2.45, 2.75) is 26.8 Å². The molecule has 1 aromatic heterocycles. The standard InChI is InChI=1S/C14H16N2OSSe/c1-3-9-16-13(10(2)12(17)15-14(16)18)19-11-7-5-4-6-8-11/h4-8H,3,9H2,1-2H3,(H,15,17,18). The van der Waals surface area contributed by atoms with E-state index < -0.39 is 0 Å².